The van der Waals surface area contributed by atoms with Crippen molar-refractivity contribution in [1.82, 2.24) is 37.2 Å². The van der Waals surface area contributed by atoms with Crippen LogP contribution in [-0.2, 0) is 19.3 Å². The summed E-state index contributed by atoms with van der Waals surface area (Å²) < 4.78 is 0. The van der Waals surface area contributed by atoms with Gasteiger partial charge in [0.25, 0.3) is 0 Å². The van der Waals surface area contributed by atoms with Crippen molar-refractivity contribution in [3.05, 3.63) is 108 Å². The molecule has 0 spiro atoms. The van der Waals surface area contributed by atoms with Crippen LogP contribution in [-0.4, -0.2) is 87.0 Å². The normalized spacial score (nSPS) is 12.9. The zero-order valence-electron chi connectivity index (χ0n) is 30.1. The van der Waals surface area contributed by atoms with Gasteiger partial charge in [-0.15, -0.1) is 0 Å². The second-order valence-corrected chi connectivity index (χ2v) is 12.7. The Labute approximate surface area is 310 Å². The highest BCUT2D eigenvalue weighted by Gasteiger charge is 2.20. The Bertz CT molecular complexity index is 1560. The summed E-state index contributed by atoms with van der Waals surface area (Å²) in [5, 5.41) is 20.1. The molecule has 16 N–H and O–H groups in total. The number of hydrogen-bond acceptors (Lipinski definition) is 6. The average Bonchev–Trinajstić information content (AvgIpc) is 3.14. The molecule has 0 aliphatic carbocycles. The molecular formula is C37H55N12O4+. The maximum absolute atomic E-state index is 13.2. The summed E-state index contributed by atoms with van der Waals surface area (Å²) in [5.41, 5.74) is 23.3. The molecule has 286 valence electrons. The van der Waals surface area contributed by atoms with E-state index in [-0.39, 0.29) is 44.2 Å². The fraction of sp³-hybridized carbons (Fsp3) is 0.378. The highest BCUT2D eigenvalue weighted by Crippen LogP contribution is 2.06. The topological polar surface area (TPSA) is 271 Å². The molecule has 0 heterocycles. The zero-order valence-corrected chi connectivity index (χ0v) is 30.1. The number of nitrogens with zero attached hydrogens (tertiary/aromatic N) is 1. The summed E-state index contributed by atoms with van der Waals surface area (Å²) in [6.45, 7) is 0.987. The molecule has 16 nitrogen and oxygen atoms in total. The molecule has 0 fully saturated rings. The van der Waals surface area contributed by atoms with Gasteiger partial charge in [-0.05, 0) is 48.8 Å². The maximum Gasteiger partial charge on any atom is 0.411 e. The second kappa shape index (κ2) is 23.6. The summed E-state index contributed by atoms with van der Waals surface area (Å²) in [6, 6.07) is 25.5. The molecule has 53 heavy (non-hydrogen) atoms. The van der Waals surface area contributed by atoms with Crippen molar-refractivity contribution in [2.45, 2.75) is 56.3 Å². The Hall–Kier alpha value is -5.87. The molecule has 0 aliphatic heterocycles. The smallest absolute Gasteiger partial charge is 0.370 e. The SMILES string of the molecule is NCC(Cc1ccccc1)NC(=O)NC[C@H](Cc1ccccc1)NC(=O)NCC(CCCN=C(N)N)NC(=O)NCC(Cc1ccccc1)NC([NH3+])=O. The minimum Gasteiger partial charge on any atom is -0.370 e. The van der Waals surface area contributed by atoms with E-state index in [9.17, 15) is 19.2 Å². The first-order valence-corrected chi connectivity index (χ1v) is 17.7. The van der Waals surface area contributed by atoms with Crippen molar-refractivity contribution in [2.75, 3.05) is 32.7 Å². The molecule has 4 atom stereocenters. The number of carbonyl (C=O) groups is 4. The molecule has 3 aromatic rings. The third-order valence-electron chi connectivity index (χ3n) is 8.16. The summed E-state index contributed by atoms with van der Waals surface area (Å²) in [4.78, 5) is 54.8. The van der Waals surface area contributed by atoms with E-state index < -0.39 is 36.2 Å². The number of aliphatic imine (C=N–C) groups is 1. The molecule has 0 saturated heterocycles. The molecule has 3 aromatic carbocycles. The fourth-order valence-corrected chi connectivity index (χ4v) is 5.59. The van der Waals surface area contributed by atoms with Gasteiger partial charge in [-0.2, -0.15) is 0 Å². The van der Waals surface area contributed by atoms with Crippen LogP contribution < -0.4 is 60.2 Å². The summed E-state index contributed by atoms with van der Waals surface area (Å²) in [6.07, 6.45) is 2.51. The standard InChI is InChI=1S/C37H54N12O4/c38-22-30(19-26-11-4-1-5-12-26)48-36(52)45-25-32(21-28-15-8-3-9-16-28)49-37(53)43-23-29(17-10-18-42-33(39)40)47-35(51)44-24-31(46-34(41)50)20-27-13-6-2-7-14-27/h1-9,11-16,29-32H,10,17-25,38H2,(H4,39,40,42)(H3,41,46,50)(H2,43,49,53)(H2,44,47,51)(H2,45,48,52)/p+1/t29?,30?,31?,32-/m0/s1. The number of hydrogen-bond donors (Lipinski definition) is 11. The van der Waals surface area contributed by atoms with Crippen LogP contribution in [0, 0.1) is 0 Å². The summed E-state index contributed by atoms with van der Waals surface area (Å²) in [7, 11) is 0. The monoisotopic (exact) mass is 731 g/mol. The van der Waals surface area contributed by atoms with E-state index in [1.165, 1.54) is 0 Å². The second-order valence-electron chi connectivity index (χ2n) is 12.7. The first-order chi connectivity index (χ1) is 25.6. The molecule has 16 heteroatoms. The van der Waals surface area contributed by atoms with Crippen LogP contribution in [0.5, 0.6) is 0 Å². The third-order valence-corrected chi connectivity index (χ3v) is 8.16. The molecule has 0 aromatic heterocycles. The number of guanidine groups is 1. The minimum atomic E-state index is -0.487. The highest BCUT2D eigenvalue weighted by atomic mass is 16.2. The molecule has 0 radical (unpaired) electrons. The van der Waals surface area contributed by atoms with E-state index in [1.54, 1.807) is 0 Å². The predicted molar refractivity (Wildman–Crippen MR) is 206 cm³/mol. The third kappa shape index (κ3) is 18.3. The van der Waals surface area contributed by atoms with Gasteiger partial charge < -0.3 is 54.4 Å². The van der Waals surface area contributed by atoms with E-state index in [2.05, 4.69) is 47.9 Å². The van der Waals surface area contributed by atoms with Gasteiger partial charge in [0.1, 0.15) is 0 Å². The molecule has 0 bridgehead atoms. The van der Waals surface area contributed by atoms with Crippen LogP contribution in [0.2, 0.25) is 0 Å². The van der Waals surface area contributed by atoms with Crippen molar-refractivity contribution in [3.63, 3.8) is 0 Å². The lowest BCUT2D eigenvalue weighted by Crippen LogP contribution is -2.66. The Kier molecular flexibility index (Phi) is 18.5. The van der Waals surface area contributed by atoms with Crippen LogP contribution in [0.3, 0.4) is 0 Å². The minimum absolute atomic E-state index is 0.0387. The molecule has 3 unspecified atom stereocenters. The van der Waals surface area contributed by atoms with Crippen molar-refractivity contribution >= 4 is 30.1 Å². The van der Waals surface area contributed by atoms with E-state index in [1.807, 2.05) is 91.0 Å². The van der Waals surface area contributed by atoms with Crippen molar-refractivity contribution in [2.24, 2.45) is 22.2 Å². The van der Waals surface area contributed by atoms with Gasteiger partial charge in [0.05, 0.1) is 12.1 Å². The highest BCUT2D eigenvalue weighted by molar-refractivity contribution is 5.77. The molecule has 0 aliphatic rings. The van der Waals surface area contributed by atoms with Crippen molar-refractivity contribution < 1.29 is 24.9 Å². The Morgan fingerprint density at radius 1 is 0.566 bits per heavy atom. The van der Waals surface area contributed by atoms with Crippen LogP contribution in [0.15, 0.2) is 96.0 Å². The number of nitrogens with two attached hydrogens (primary N) is 3. The quantitative estimate of drug-likeness (QED) is 0.0407. The number of nitrogens with one attached hydrogen (secondary N) is 7. The molecule has 3 rings (SSSR count). The van der Waals surface area contributed by atoms with Gasteiger partial charge in [-0.3, -0.25) is 10.7 Å². The average molecular weight is 732 g/mol. The lowest BCUT2D eigenvalue weighted by atomic mass is 10.1. The van der Waals surface area contributed by atoms with Crippen LogP contribution in [0.25, 0.3) is 0 Å². The van der Waals surface area contributed by atoms with Crippen molar-refractivity contribution in [3.8, 4) is 0 Å². The Morgan fingerprint density at radius 3 is 1.36 bits per heavy atom. The lowest BCUT2D eigenvalue weighted by molar-refractivity contribution is -0.251. The maximum atomic E-state index is 13.2. The predicted octanol–water partition coefficient (Wildman–Crippen LogP) is 0.0503. The van der Waals surface area contributed by atoms with Crippen LogP contribution in [0.1, 0.15) is 29.5 Å². The van der Waals surface area contributed by atoms with Gasteiger partial charge in [-0.1, -0.05) is 91.0 Å². The number of carbonyl (C=O) groups excluding carboxylic acids is 4. The van der Waals surface area contributed by atoms with Crippen molar-refractivity contribution in [1.29, 1.82) is 0 Å². The molecule has 8 amide bonds. The van der Waals surface area contributed by atoms with E-state index in [0.717, 1.165) is 16.7 Å². The van der Waals surface area contributed by atoms with Crippen LogP contribution in [0.4, 0.5) is 19.2 Å². The number of amides is 8. The number of urea groups is 4. The molecular weight excluding hydrogens is 676 g/mol. The van der Waals surface area contributed by atoms with E-state index >= 15 is 0 Å². The Balaban J connectivity index is 1.58. The Morgan fingerprint density at radius 2 is 0.943 bits per heavy atom. The zero-order chi connectivity index (χ0) is 38.3. The lowest BCUT2D eigenvalue weighted by Gasteiger charge is -2.24. The van der Waals surface area contributed by atoms with Gasteiger partial charge >= 0.3 is 24.1 Å². The first-order valence-electron chi connectivity index (χ1n) is 17.7. The number of rotatable bonds is 21. The van der Waals surface area contributed by atoms with E-state index in [4.69, 9.17) is 17.2 Å². The summed E-state index contributed by atoms with van der Waals surface area (Å²) in [5.74, 6) is -0.0387. The number of benzene rings is 3. The molecule has 0 saturated carbocycles. The fourth-order valence-electron chi connectivity index (χ4n) is 5.59. The van der Waals surface area contributed by atoms with E-state index in [0.29, 0.717) is 38.6 Å². The van der Waals surface area contributed by atoms with Gasteiger partial charge in [0, 0.05) is 44.8 Å². The van der Waals surface area contributed by atoms with Gasteiger partial charge in [0.2, 0.25) is 0 Å². The van der Waals surface area contributed by atoms with Gasteiger partial charge in [0.15, 0.2) is 5.96 Å². The van der Waals surface area contributed by atoms with Gasteiger partial charge in [-0.25, -0.2) is 19.2 Å². The summed E-state index contributed by atoms with van der Waals surface area (Å²) >= 11 is 0. The first kappa shape index (κ1) is 41.5. The largest absolute Gasteiger partial charge is 0.411 e. The van der Waals surface area contributed by atoms with Crippen LogP contribution >= 0.6 is 0 Å². The number of quaternary nitrogens is 1.